The highest BCUT2D eigenvalue weighted by Gasteiger charge is 2.27. The number of primary sulfonamides is 1. The molecule has 15 heavy (non-hydrogen) atoms. The smallest absolute Gasteiger partial charge is 0.225 e. The van der Waals surface area contributed by atoms with E-state index in [0.717, 1.165) is 24.3 Å². The van der Waals surface area contributed by atoms with Crippen LogP contribution in [0.25, 0.3) is 0 Å². The Morgan fingerprint density at radius 3 is 1.93 bits per heavy atom. The van der Waals surface area contributed by atoms with Crippen molar-refractivity contribution < 1.29 is 21.6 Å². The topological polar surface area (TPSA) is 60.2 Å². The van der Waals surface area contributed by atoms with Crippen LogP contribution in [0.5, 0.6) is 0 Å². The molecule has 0 unspecified atom stereocenters. The van der Waals surface area contributed by atoms with E-state index in [1.54, 1.807) is 0 Å². The Bertz CT molecular complexity index is 436. The average Bonchev–Trinajstić information content (AvgIpc) is 2.00. The summed E-state index contributed by atoms with van der Waals surface area (Å²) in [5.41, 5.74) is -0.00472. The molecule has 3 nitrogen and oxygen atoms in total. The molecule has 0 aromatic heterocycles. The molecule has 1 aromatic carbocycles. The van der Waals surface area contributed by atoms with Crippen LogP contribution in [0, 0.1) is 0 Å². The third kappa shape index (κ3) is 3.88. The SMILES string of the molecule is NS(=O)(=O)c1ccc(CC(F)(F)F)cc1. The van der Waals surface area contributed by atoms with E-state index in [1.807, 2.05) is 0 Å². The van der Waals surface area contributed by atoms with Gasteiger partial charge in [-0.15, -0.1) is 0 Å². The molecule has 0 saturated heterocycles. The first-order chi connectivity index (χ1) is 6.68. The third-order valence-electron chi connectivity index (χ3n) is 1.66. The number of sulfonamides is 1. The Hall–Kier alpha value is -1.08. The Labute approximate surface area is 84.8 Å². The molecule has 0 fully saturated rings. The zero-order valence-electron chi connectivity index (χ0n) is 7.45. The van der Waals surface area contributed by atoms with Gasteiger partial charge in [0.25, 0.3) is 0 Å². The third-order valence-corrected chi connectivity index (χ3v) is 2.59. The van der Waals surface area contributed by atoms with Crippen molar-refractivity contribution in [1.29, 1.82) is 0 Å². The van der Waals surface area contributed by atoms with Gasteiger partial charge in [-0.1, -0.05) is 12.1 Å². The summed E-state index contributed by atoms with van der Waals surface area (Å²) >= 11 is 0. The zero-order chi connectivity index (χ0) is 11.7. The van der Waals surface area contributed by atoms with Gasteiger partial charge >= 0.3 is 6.18 Å². The van der Waals surface area contributed by atoms with Gasteiger partial charge in [-0.05, 0) is 17.7 Å². The van der Waals surface area contributed by atoms with Gasteiger partial charge in [-0.2, -0.15) is 13.2 Å². The van der Waals surface area contributed by atoms with Crippen LogP contribution in [0.2, 0.25) is 0 Å². The highest BCUT2D eigenvalue weighted by atomic mass is 32.2. The van der Waals surface area contributed by atoms with Crippen LogP contribution in [0.15, 0.2) is 29.2 Å². The number of hydrogen-bond donors (Lipinski definition) is 1. The van der Waals surface area contributed by atoms with Crippen molar-refractivity contribution in [1.82, 2.24) is 0 Å². The Kier molecular flexibility index (Phi) is 3.05. The van der Waals surface area contributed by atoms with E-state index in [1.165, 1.54) is 0 Å². The van der Waals surface area contributed by atoms with Gasteiger partial charge in [-0.25, -0.2) is 13.6 Å². The first-order valence-electron chi connectivity index (χ1n) is 3.87. The standard InChI is InChI=1S/C8H8F3NO2S/c9-8(10,11)5-6-1-3-7(4-2-6)15(12,13)14/h1-4H,5H2,(H2,12,13,14). The molecule has 0 aliphatic heterocycles. The van der Waals surface area contributed by atoms with Crippen LogP contribution in [0.4, 0.5) is 13.2 Å². The highest BCUT2D eigenvalue weighted by Crippen LogP contribution is 2.21. The van der Waals surface area contributed by atoms with Crippen molar-refractivity contribution in [2.24, 2.45) is 5.14 Å². The fourth-order valence-corrected chi connectivity index (χ4v) is 1.54. The van der Waals surface area contributed by atoms with Crippen LogP contribution >= 0.6 is 0 Å². The lowest BCUT2D eigenvalue weighted by Gasteiger charge is -2.06. The molecule has 0 heterocycles. The van der Waals surface area contributed by atoms with E-state index in [9.17, 15) is 21.6 Å². The van der Waals surface area contributed by atoms with E-state index in [4.69, 9.17) is 5.14 Å². The predicted molar refractivity (Wildman–Crippen MR) is 47.6 cm³/mol. The van der Waals surface area contributed by atoms with Crippen molar-refractivity contribution >= 4 is 10.0 Å². The molecule has 0 bridgehead atoms. The lowest BCUT2D eigenvalue weighted by molar-refractivity contribution is -0.127. The van der Waals surface area contributed by atoms with Gasteiger partial charge in [0.1, 0.15) is 0 Å². The van der Waals surface area contributed by atoms with E-state index in [-0.39, 0.29) is 10.5 Å². The molecule has 0 atom stereocenters. The fourth-order valence-electron chi connectivity index (χ4n) is 1.03. The van der Waals surface area contributed by atoms with Gasteiger partial charge in [0.15, 0.2) is 0 Å². The first-order valence-corrected chi connectivity index (χ1v) is 5.41. The maximum atomic E-state index is 11.9. The molecule has 0 aliphatic rings. The molecule has 0 saturated carbocycles. The maximum Gasteiger partial charge on any atom is 0.393 e. The molecular formula is C8H8F3NO2S. The Morgan fingerprint density at radius 1 is 1.13 bits per heavy atom. The summed E-state index contributed by atoms with van der Waals surface area (Å²) in [5.74, 6) is 0. The van der Waals surface area contributed by atoms with Gasteiger partial charge in [0, 0.05) is 0 Å². The molecule has 1 rings (SSSR count). The molecule has 1 aromatic rings. The van der Waals surface area contributed by atoms with Crippen LogP contribution < -0.4 is 5.14 Å². The van der Waals surface area contributed by atoms with Gasteiger partial charge < -0.3 is 0 Å². The van der Waals surface area contributed by atoms with Crippen LogP contribution in [-0.2, 0) is 16.4 Å². The minimum atomic E-state index is -4.30. The zero-order valence-corrected chi connectivity index (χ0v) is 8.27. The molecular weight excluding hydrogens is 231 g/mol. The number of rotatable bonds is 2. The summed E-state index contributed by atoms with van der Waals surface area (Å²) in [7, 11) is -3.84. The van der Waals surface area contributed by atoms with Crippen molar-refractivity contribution in [3.63, 3.8) is 0 Å². The Morgan fingerprint density at radius 2 is 1.60 bits per heavy atom. The molecule has 7 heteroatoms. The van der Waals surface area contributed by atoms with Crippen molar-refractivity contribution in [3.05, 3.63) is 29.8 Å². The lowest BCUT2D eigenvalue weighted by Crippen LogP contribution is -2.13. The van der Waals surface area contributed by atoms with Gasteiger partial charge in [-0.3, -0.25) is 0 Å². The number of nitrogens with two attached hydrogens (primary N) is 1. The minimum Gasteiger partial charge on any atom is -0.225 e. The van der Waals surface area contributed by atoms with Crippen molar-refractivity contribution in [2.45, 2.75) is 17.5 Å². The molecule has 0 spiro atoms. The summed E-state index contributed by atoms with van der Waals surface area (Å²) in [6, 6.07) is 4.28. The van der Waals surface area contributed by atoms with E-state index < -0.39 is 22.6 Å². The van der Waals surface area contributed by atoms with E-state index in [2.05, 4.69) is 0 Å². The second-order valence-corrected chi connectivity index (χ2v) is 4.54. The van der Waals surface area contributed by atoms with Crippen LogP contribution in [0.3, 0.4) is 0 Å². The van der Waals surface area contributed by atoms with E-state index >= 15 is 0 Å². The fraction of sp³-hybridized carbons (Fsp3) is 0.250. The molecule has 2 N–H and O–H groups in total. The second-order valence-electron chi connectivity index (χ2n) is 2.98. The Balaban J connectivity index is 2.92. The van der Waals surface area contributed by atoms with Gasteiger partial charge in [0.05, 0.1) is 11.3 Å². The normalized spacial score (nSPS) is 12.8. The van der Waals surface area contributed by atoms with Gasteiger partial charge in [0.2, 0.25) is 10.0 Å². The number of hydrogen-bond acceptors (Lipinski definition) is 2. The number of benzene rings is 1. The summed E-state index contributed by atoms with van der Waals surface area (Å²) in [6.07, 6.45) is -5.39. The van der Waals surface area contributed by atoms with E-state index in [0.29, 0.717) is 0 Å². The maximum absolute atomic E-state index is 11.9. The lowest BCUT2D eigenvalue weighted by atomic mass is 10.1. The predicted octanol–water partition coefficient (Wildman–Crippen LogP) is 1.44. The number of halogens is 3. The largest absolute Gasteiger partial charge is 0.393 e. The summed E-state index contributed by atoms with van der Waals surface area (Å²) in [6.45, 7) is 0. The highest BCUT2D eigenvalue weighted by molar-refractivity contribution is 7.89. The molecule has 0 aliphatic carbocycles. The summed E-state index contributed by atoms with van der Waals surface area (Å²) in [4.78, 5) is -0.201. The molecule has 84 valence electrons. The van der Waals surface area contributed by atoms with Crippen LogP contribution in [0.1, 0.15) is 5.56 Å². The quantitative estimate of drug-likeness (QED) is 0.848. The van der Waals surface area contributed by atoms with Crippen LogP contribution in [-0.4, -0.2) is 14.6 Å². The first kappa shape index (κ1) is 12.0. The monoisotopic (exact) mass is 239 g/mol. The molecule has 0 radical (unpaired) electrons. The minimum absolute atomic E-state index is 0.00472. The number of alkyl halides is 3. The second kappa shape index (κ2) is 3.82. The van der Waals surface area contributed by atoms with Crippen molar-refractivity contribution in [3.8, 4) is 0 Å². The summed E-state index contributed by atoms with van der Waals surface area (Å²) in [5, 5.41) is 4.78. The molecule has 0 amide bonds. The van der Waals surface area contributed by atoms with Crippen molar-refractivity contribution in [2.75, 3.05) is 0 Å². The average molecular weight is 239 g/mol. The summed E-state index contributed by atoms with van der Waals surface area (Å²) < 4.78 is 57.4.